The summed E-state index contributed by atoms with van der Waals surface area (Å²) < 4.78 is 24.5. The molecule has 0 spiro atoms. The van der Waals surface area contributed by atoms with Crippen molar-refractivity contribution in [2.45, 2.75) is 4.90 Å². The van der Waals surface area contributed by atoms with Crippen LogP contribution in [0.2, 0.25) is 0 Å². The number of rotatable bonds is 1. The molecule has 0 radical (unpaired) electrons. The zero-order valence-corrected chi connectivity index (χ0v) is 6.88. The summed E-state index contributed by atoms with van der Waals surface area (Å²) in [5.41, 5.74) is 0.726. The van der Waals surface area contributed by atoms with Crippen LogP contribution in [0.3, 0.4) is 0 Å². The Morgan fingerprint density at radius 2 is 2.17 bits per heavy atom. The summed E-state index contributed by atoms with van der Waals surface area (Å²) in [5, 5.41) is 0.843. The van der Waals surface area contributed by atoms with E-state index in [0.717, 1.165) is 11.0 Å². The van der Waals surface area contributed by atoms with Gasteiger partial charge < -0.3 is 8.97 Å². The van der Waals surface area contributed by atoms with Crippen LogP contribution < -0.4 is 0 Å². The molecule has 0 aliphatic heterocycles. The van der Waals surface area contributed by atoms with Crippen molar-refractivity contribution >= 4 is 22.0 Å². The second-order valence-electron chi connectivity index (χ2n) is 2.37. The van der Waals surface area contributed by atoms with Gasteiger partial charge in [0.05, 0.1) is 11.2 Å². The van der Waals surface area contributed by atoms with Gasteiger partial charge in [-0.2, -0.15) is 0 Å². The molecule has 0 fully saturated rings. The SMILES string of the molecule is O=S(O)c1ccc2occc2c1. The van der Waals surface area contributed by atoms with E-state index in [9.17, 15) is 4.21 Å². The maximum Gasteiger partial charge on any atom is 0.186 e. The van der Waals surface area contributed by atoms with Gasteiger partial charge in [-0.3, -0.25) is 0 Å². The summed E-state index contributed by atoms with van der Waals surface area (Å²) in [4.78, 5) is 0.393. The largest absolute Gasteiger partial charge is 0.464 e. The van der Waals surface area contributed by atoms with Gasteiger partial charge in [-0.25, -0.2) is 4.21 Å². The van der Waals surface area contributed by atoms with Gasteiger partial charge in [0.2, 0.25) is 0 Å². The fourth-order valence-corrected chi connectivity index (χ4v) is 1.47. The maximum atomic E-state index is 10.6. The van der Waals surface area contributed by atoms with E-state index in [1.807, 2.05) is 0 Å². The molecule has 0 aliphatic rings. The lowest BCUT2D eigenvalue weighted by Crippen LogP contribution is -1.86. The third-order valence-electron chi connectivity index (χ3n) is 1.63. The van der Waals surface area contributed by atoms with Crippen LogP contribution >= 0.6 is 0 Å². The molecule has 0 saturated carbocycles. The predicted octanol–water partition coefficient (Wildman–Crippen LogP) is 2.01. The minimum absolute atomic E-state index is 0.393. The highest BCUT2D eigenvalue weighted by molar-refractivity contribution is 7.79. The Labute approximate surface area is 71.3 Å². The van der Waals surface area contributed by atoms with E-state index in [-0.39, 0.29) is 0 Å². The summed E-state index contributed by atoms with van der Waals surface area (Å²) in [6, 6.07) is 6.64. The smallest absolute Gasteiger partial charge is 0.186 e. The first-order chi connectivity index (χ1) is 5.77. The molecule has 62 valence electrons. The third-order valence-corrected chi connectivity index (χ3v) is 2.28. The highest BCUT2D eigenvalue weighted by Gasteiger charge is 2.02. The fraction of sp³-hybridized carbons (Fsp3) is 0. The average molecular weight is 182 g/mol. The van der Waals surface area contributed by atoms with Crippen LogP contribution in [0.5, 0.6) is 0 Å². The quantitative estimate of drug-likeness (QED) is 0.686. The zero-order chi connectivity index (χ0) is 8.55. The molecule has 1 unspecified atom stereocenters. The Morgan fingerprint density at radius 1 is 1.33 bits per heavy atom. The summed E-state index contributed by atoms with van der Waals surface area (Å²) in [7, 11) is 0. The van der Waals surface area contributed by atoms with Gasteiger partial charge in [0.1, 0.15) is 5.58 Å². The first kappa shape index (κ1) is 7.52. The molecule has 1 aromatic heterocycles. The molecule has 0 bridgehead atoms. The second-order valence-corrected chi connectivity index (χ2v) is 3.34. The maximum absolute atomic E-state index is 10.6. The third kappa shape index (κ3) is 1.15. The van der Waals surface area contributed by atoms with E-state index in [4.69, 9.17) is 8.97 Å². The monoisotopic (exact) mass is 182 g/mol. The highest BCUT2D eigenvalue weighted by atomic mass is 32.2. The molecule has 0 amide bonds. The summed E-state index contributed by atoms with van der Waals surface area (Å²) in [5.74, 6) is 0. The van der Waals surface area contributed by atoms with Crippen LogP contribution in [0, 0.1) is 0 Å². The Morgan fingerprint density at radius 3 is 2.92 bits per heavy atom. The molecule has 1 atom stereocenters. The van der Waals surface area contributed by atoms with Crippen molar-refractivity contribution in [3.05, 3.63) is 30.5 Å². The van der Waals surface area contributed by atoms with E-state index in [0.29, 0.717) is 4.90 Å². The highest BCUT2D eigenvalue weighted by Crippen LogP contribution is 2.18. The molecule has 2 rings (SSSR count). The fourth-order valence-electron chi connectivity index (χ4n) is 1.05. The molecule has 0 aliphatic carbocycles. The average Bonchev–Trinajstić information content (AvgIpc) is 2.49. The van der Waals surface area contributed by atoms with Crippen molar-refractivity contribution in [1.29, 1.82) is 0 Å². The zero-order valence-electron chi connectivity index (χ0n) is 6.06. The number of hydrogen-bond donors (Lipinski definition) is 1. The topological polar surface area (TPSA) is 50.4 Å². The van der Waals surface area contributed by atoms with E-state index >= 15 is 0 Å². The van der Waals surface area contributed by atoms with E-state index in [1.165, 1.54) is 0 Å². The molecule has 4 heteroatoms. The van der Waals surface area contributed by atoms with Crippen molar-refractivity contribution < 1.29 is 13.2 Å². The van der Waals surface area contributed by atoms with Gasteiger partial charge in [-0.1, -0.05) is 0 Å². The normalized spacial score (nSPS) is 13.4. The summed E-state index contributed by atoms with van der Waals surface area (Å²) in [6.45, 7) is 0. The molecule has 2 aromatic rings. The van der Waals surface area contributed by atoms with Crippen LogP contribution in [-0.2, 0) is 11.1 Å². The first-order valence-corrected chi connectivity index (χ1v) is 4.46. The number of hydrogen-bond acceptors (Lipinski definition) is 2. The second kappa shape index (κ2) is 2.73. The van der Waals surface area contributed by atoms with Gasteiger partial charge in [0, 0.05) is 5.39 Å². The standard InChI is InChI=1S/C8H6O3S/c9-12(10)7-1-2-8-6(5-7)3-4-11-8/h1-5H,(H,9,10). The van der Waals surface area contributed by atoms with Crippen LogP contribution in [0.25, 0.3) is 11.0 Å². The Kier molecular flexibility index (Phi) is 1.71. The lowest BCUT2D eigenvalue weighted by Gasteiger charge is -1.92. The number of benzene rings is 1. The molecule has 1 aromatic carbocycles. The minimum Gasteiger partial charge on any atom is -0.464 e. The van der Waals surface area contributed by atoms with Gasteiger partial charge in [-0.05, 0) is 24.3 Å². The van der Waals surface area contributed by atoms with Crippen LogP contribution in [-0.4, -0.2) is 8.76 Å². The molecule has 3 nitrogen and oxygen atoms in total. The van der Waals surface area contributed by atoms with Gasteiger partial charge in [0.25, 0.3) is 0 Å². The molecular formula is C8H6O3S. The molecular weight excluding hydrogens is 176 g/mol. The van der Waals surface area contributed by atoms with Crippen molar-refractivity contribution in [2.75, 3.05) is 0 Å². The van der Waals surface area contributed by atoms with Crippen molar-refractivity contribution in [2.24, 2.45) is 0 Å². The Hall–Kier alpha value is -1.13. The summed E-state index contributed by atoms with van der Waals surface area (Å²) in [6.07, 6.45) is 1.55. The first-order valence-electron chi connectivity index (χ1n) is 3.35. The van der Waals surface area contributed by atoms with Crippen molar-refractivity contribution in [1.82, 2.24) is 0 Å². The molecule has 1 heterocycles. The van der Waals surface area contributed by atoms with Crippen molar-refractivity contribution in [3.8, 4) is 0 Å². The Bertz CT molecular complexity index is 433. The van der Waals surface area contributed by atoms with Gasteiger partial charge in [0.15, 0.2) is 11.1 Å². The lowest BCUT2D eigenvalue weighted by atomic mass is 10.3. The van der Waals surface area contributed by atoms with E-state index in [1.54, 1.807) is 30.5 Å². The van der Waals surface area contributed by atoms with Crippen LogP contribution in [0.1, 0.15) is 0 Å². The van der Waals surface area contributed by atoms with Gasteiger partial charge in [-0.15, -0.1) is 0 Å². The minimum atomic E-state index is -1.91. The van der Waals surface area contributed by atoms with Gasteiger partial charge >= 0.3 is 0 Å². The molecule has 0 saturated heterocycles. The van der Waals surface area contributed by atoms with Crippen LogP contribution in [0.15, 0.2) is 39.8 Å². The molecule has 12 heavy (non-hydrogen) atoms. The van der Waals surface area contributed by atoms with Crippen LogP contribution in [0.4, 0.5) is 0 Å². The number of fused-ring (bicyclic) bond motifs is 1. The predicted molar refractivity (Wildman–Crippen MR) is 45.3 cm³/mol. The van der Waals surface area contributed by atoms with E-state index in [2.05, 4.69) is 0 Å². The lowest BCUT2D eigenvalue weighted by molar-refractivity contribution is 0.564. The summed E-state index contributed by atoms with van der Waals surface area (Å²) >= 11 is -1.91. The van der Waals surface area contributed by atoms with Crippen molar-refractivity contribution in [3.63, 3.8) is 0 Å². The Balaban J connectivity index is 2.68. The van der Waals surface area contributed by atoms with E-state index < -0.39 is 11.1 Å². The molecule has 1 N–H and O–H groups in total. The number of furan rings is 1.